The van der Waals surface area contributed by atoms with Crippen molar-refractivity contribution >= 4 is 11.6 Å². The van der Waals surface area contributed by atoms with Crippen molar-refractivity contribution in [2.24, 2.45) is 0 Å². The van der Waals surface area contributed by atoms with E-state index < -0.39 is 0 Å². The molecule has 2 rings (SSSR count). The van der Waals surface area contributed by atoms with E-state index in [-0.39, 0.29) is 12.0 Å². The lowest BCUT2D eigenvalue weighted by Gasteiger charge is -2.20. The molecule has 1 fully saturated rings. The fourth-order valence-electron chi connectivity index (χ4n) is 2.90. The number of anilines is 1. The maximum absolute atomic E-state index is 12.4. The summed E-state index contributed by atoms with van der Waals surface area (Å²) in [5.41, 5.74) is 7.41. The summed E-state index contributed by atoms with van der Waals surface area (Å²) in [5, 5.41) is 0. The zero-order valence-corrected chi connectivity index (χ0v) is 14.3. The molecule has 0 bridgehead atoms. The molecule has 1 atom stereocenters. The number of amides is 1. The Hall–Kier alpha value is -1.59. The minimum absolute atomic E-state index is 0.171. The zero-order chi connectivity index (χ0) is 16.7. The summed E-state index contributed by atoms with van der Waals surface area (Å²) in [5.74, 6) is 0.171. The molecule has 1 amide bonds. The third kappa shape index (κ3) is 5.52. The number of nitrogens with two attached hydrogens (primary N) is 1. The third-order valence-electron chi connectivity index (χ3n) is 4.49. The van der Waals surface area contributed by atoms with Crippen molar-refractivity contribution in [1.29, 1.82) is 0 Å². The van der Waals surface area contributed by atoms with Crippen molar-refractivity contribution < 1.29 is 9.53 Å². The van der Waals surface area contributed by atoms with E-state index in [4.69, 9.17) is 10.5 Å². The van der Waals surface area contributed by atoms with Crippen LogP contribution < -0.4 is 5.73 Å². The van der Waals surface area contributed by atoms with Crippen LogP contribution in [0, 0.1) is 0 Å². The lowest BCUT2D eigenvalue weighted by atomic mass is 10.1. The van der Waals surface area contributed by atoms with Gasteiger partial charge < -0.3 is 20.3 Å². The summed E-state index contributed by atoms with van der Waals surface area (Å²) < 4.78 is 5.93. The highest BCUT2D eigenvalue weighted by molar-refractivity contribution is 5.79. The number of likely N-dealkylation sites (N-methyl/N-ethyl adjacent to an activating group) is 1. The molecule has 0 aliphatic carbocycles. The van der Waals surface area contributed by atoms with E-state index in [1.165, 1.54) is 0 Å². The fraction of sp³-hybridized carbons (Fsp3) is 0.611. The molecule has 5 nitrogen and oxygen atoms in total. The summed E-state index contributed by atoms with van der Waals surface area (Å²) in [4.78, 5) is 16.6. The lowest BCUT2D eigenvalue weighted by molar-refractivity contribution is -0.130. The van der Waals surface area contributed by atoms with Gasteiger partial charge in [0.05, 0.1) is 19.1 Å². The number of ether oxygens (including phenoxy) is 1. The van der Waals surface area contributed by atoms with Crippen LogP contribution in [0.15, 0.2) is 24.3 Å². The Labute approximate surface area is 139 Å². The molecule has 0 radical (unpaired) electrons. The van der Waals surface area contributed by atoms with Crippen LogP contribution in [0.1, 0.15) is 25.8 Å². The van der Waals surface area contributed by atoms with Crippen LogP contribution in [0.25, 0.3) is 0 Å². The standard InChI is InChI=1S/C18H29N3O2/c1-3-20(4-2)11-12-23-17-9-10-21(14-17)18(22)13-15-5-7-16(19)8-6-15/h5-8,17H,3-4,9-14,19H2,1-2H3. The van der Waals surface area contributed by atoms with Gasteiger partial charge in [0.15, 0.2) is 0 Å². The maximum Gasteiger partial charge on any atom is 0.227 e. The Kier molecular flexibility index (Phi) is 6.86. The number of hydrogen-bond acceptors (Lipinski definition) is 4. The van der Waals surface area contributed by atoms with E-state index in [0.29, 0.717) is 13.0 Å². The average Bonchev–Trinajstić information content (AvgIpc) is 3.03. The van der Waals surface area contributed by atoms with E-state index in [1.807, 2.05) is 29.2 Å². The van der Waals surface area contributed by atoms with Crippen molar-refractivity contribution in [1.82, 2.24) is 9.80 Å². The summed E-state index contributed by atoms with van der Waals surface area (Å²) in [6.07, 6.45) is 1.55. The van der Waals surface area contributed by atoms with Crippen LogP contribution in [0.3, 0.4) is 0 Å². The lowest BCUT2D eigenvalue weighted by Crippen LogP contribution is -2.32. The van der Waals surface area contributed by atoms with E-state index in [9.17, 15) is 4.79 Å². The second-order valence-corrected chi connectivity index (χ2v) is 6.07. The first-order chi connectivity index (χ1) is 11.1. The average molecular weight is 319 g/mol. The molecule has 0 saturated carbocycles. The van der Waals surface area contributed by atoms with Gasteiger partial charge in [-0.1, -0.05) is 26.0 Å². The molecule has 1 saturated heterocycles. The van der Waals surface area contributed by atoms with Crippen molar-refractivity contribution in [2.45, 2.75) is 32.8 Å². The molecule has 0 spiro atoms. The van der Waals surface area contributed by atoms with E-state index >= 15 is 0 Å². The van der Waals surface area contributed by atoms with Crippen molar-refractivity contribution in [2.75, 3.05) is 45.1 Å². The van der Waals surface area contributed by atoms with Gasteiger partial charge in [-0.2, -0.15) is 0 Å². The van der Waals surface area contributed by atoms with Gasteiger partial charge >= 0.3 is 0 Å². The van der Waals surface area contributed by atoms with Crippen LogP contribution in [-0.4, -0.2) is 61.1 Å². The van der Waals surface area contributed by atoms with Gasteiger partial charge in [-0.25, -0.2) is 0 Å². The molecule has 1 aliphatic heterocycles. The largest absolute Gasteiger partial charge is 0.399 e. The van der Waals surface area contributed by atoms with Gasteiger partial charge in [0.1, 0.15) is 0 Å². The monoisotopic (exact) mass is 319 g/mol. The van der Waals surface area contributed by atoms with Gasteiger partial charge in [0.25, 0.3) is 0 Å². The number of carbonyl (C=O) groups excluding carboxylic acids is 1. The first-order valence-corrected chi connectivity index (χ1v) is 8.58. The molecule has 2 N–H and O–H groups in total. The van der Waals surface area contributed by atoms with E-state index in [0.717, 1.165) is 50.5 Å². The van der Waals surface area contributed by atoms with Crippen LogP contribution >= 0.6 is 0 Å². The SMILES string of the molecule is CCN(CC)CCOC1CCN(C(=O)Cc2ccc(N)cc2)C1. The normalized spacial score (nSPS) is 17.9. The molecule has 1 aromatic rings. The Morgan fingerprint density at radius 1 is 1.30 bits per heavy atom. The molecule has 1 unspecified atom stereocenters. The molecule has 1 heterocycles. The third-order valence-corrected chi connectivity index (χ3v) is 4.49. The highest BCUT2D eigenvalue weighted by Gasteiger charge is 2.26. The molecule has 23 heavy (non-hydrogen) atoms. The van der Waals surface area contributed by atoms with Crippen molar-refractivity contribution in [3.05, 3.63) is 29.8 Å². The summed E-state index contributed by atoms with van der Waals surface area (Å²) >= 11 is 0. The first kappa shape index (κ1) is 17.8. The number of rotatable bonds is 8. The number of nitrogen functional groups attached to an aromatic ring is 1. The van der Waals surface area contributed by atoms with Gasteiger partial charge in [0.2, 0.25) is 5.91 Å². The molecule has 128 valence electrons. The minimum Gasteiger partial charge on any atom is -0.399 e. The highest BCUT2D eigenvalue weighted by atomic mass is 16.5. The Bertz CT molecular complexity index is 486. The quantitative estimate of drug-likeness (QED) is 0.742. The molecule has 0 aromatic heterocycles. The Balaban J connectivity index is 1.71. The first-order valence-electron chi connectivity index (χ1n) is 8.58. The molecule has 1 aromatic carbocycles. The fourth-order valence-corrected chi connectivity index (χ4v) is 2.90. The predicted octanol–water partition coefficient (Wildman–Crippen LogP) is 1.77. The Morgan fingerprint density at radius 2 is 2.00 bits per heavy atom. The second kappa shape index (κ2) is 8.89. The van der Waals surface area contributed by atoms with E-state index in [1.54, 1.807) is 0 Å². The predicted molar refractivity (Wildman–Crippen MR) is 93.3 cm³/mol. The van der Waals surface area contributed by atoms with E-state index in [2.05, 4.69) is 18.7 Å². The van der Waals surface area contributed by atoms with Crippen molar-refractivity contribution in [3.8, 4) is 0 Å². The molecule has 1 aliphatic rings. The number of hydrogen-bond donors (Lipinski definition) is 1. The summed E-state index contributed by atoms with van der Waals surface area (Å²) in [7, 11) is 0. The van der Waals surface area contributed by atoms with Crippen LogP contribution in [0.5, 0.6) is 0 Å². The maximum atomic E-state index is 12.4. The van der Waals surface area contributed by atoms with Crippen molar-refractivity contribution in [3.63, 3.8) is 0 Å². The van der Waals surface area contributed by atoms with Gasteiger partial charge in [-0.3, -0.25) is 4.79 Å². The minimum atomic E-state index is 0.171. The molecule has 5 heteroatoms. The topological polar surface area (TPSA) is 58.8 Å². The number of benzene rings is 1. The zero-order valence-electron chi connectivity index (χ0n) is 14.3. The van der Waals surface area contributed by atoms with Gasteiger partial charge in [-0.05, 0) is 37.2 Å². The van der Waals surface area contributed by atoms with Crippen LogP contribution in [0.4, 0.5) is 5.69 Å². The Morgan fingerprint density at radius 3 is 2.65 bits per heavy atom. The van der Waals surface area contributed by atoms with Crippen LogP contribution in [0.2, 0.25) is 0 Å². The molecular weight excluding hydrogens is 290 g/mol. The molecular formula is C18H29N3O2. The van der Waals surface area contributed by atoms with Gasteiger partial charge in [0, 0.05) is 25.3 Å². The van der Waals surface area contributed by atoms with Crippen LogP contribution in [-0.2, 0) is 16.0 Å². The number of nitrogens with zero attached hydrogens (tertiary/aromatic N) is 2. The van der Waals surface area contributed by atoms with Gasteiger partial charge in [-0.15, -0.1) is 0 Å². The number of likely N-dealkylation sites (tertiary alicyclic amines) is 1. The summed E-state index contributed by atoms with van der Waals surface area (Å²) in [6, 6.07) is 7.51. The number of carbonyl (C=O) groups is 1. The highest BCUT2D eigenvalue weighted by Crippen LogP contribution is 2.15. The summed E-state index contributed by atoms with van der Waals surface area (Å²) in [6.45, 7) is 9.64. The smallest absolute Gasteiger partial charge is 0.227 e. The second-order valence-electron chi connectivity index (χ2n) is 6.07.